The minimum atomic E-state index is -0.389. The van der Waals surface area contributed by atoms with Gasteiger partial charge < -0.3 is 15.0 Å². The lowest BCUT2D eigenvalue weighted by Gasteiger charge is -2.36. The normalized spacial score (nSPS) is 22.1. The fraction of sp³-hybridized carbons (Fsp3) is 0.667. The van der Waals surface area contributed by atoms with Gasteiger partial charge in [-0.15, -0.1) is 0 Å². The third-order valence-electron chi connectivity index (χ3n) is 6.29. The van der Waals surface area contributed by atoms with Crippen molar-refractivity contribution < 1.29 is 14.3 Å². The zero-order valence-electron chi connectivity index (χ0n) is 18.6. The molecule has 2 saturated heterocycles. The van der Waals surface area contributed by atoms with Crippen molar-refractivity contribution in [2.75, 3.05) is 32.8 Å². The number of hydrogen-bond donors (Lipinski definition) is 1. The molecule has 6 nitrogen and oxygen atoms in total. The van der Waals surface area contributed by atoms with Gasteiger partial charge in [0.1, 0.15) is 11.8 Å². The van der Waals surface area contributed by atoms with Gasteiger partial charge in [0.2, 0.25) is 5.91 Å². The van der Waals surface area contributed by atoms with E-state index in [1.54, 1.807) is 11.0 Å². The summed E-state index contributed by atoms with van der Waals surface area (Å²) in [5, 5.41) is 3.17. The predicted octanol–water partition coefficient (Wildman–Crippen LogP) is 3.46. The van der Waals surface area contributed by atoms with Crippen LogP contribution in [0.5, 0.6) is 5.75 Å². The number of rotatable bonds is 9. The molecule has 0 bridgehead atoms. The number of carbonyl (C=O) groups excluding carboxylic acids is 2. The average Bonchev–Trinajstić information content (AvgIpc) is 3.27. The van der Waals surface area contributed by atoms with E-state index >= 15 is 0 Å². The zero-order valence-corrected chi connectivity index (χ0v) is 18.6. The fourth-order valence-corrected chi connectivity index (χ4v) is 4.64. The summed E-state index contributed by atoms with van der Waals surface area (Å²) in [5.41, 5.74) is 0.539. The Kier molecular flexibility index (Phi) is 8.55. The number of amides is 2. The van der Waals surface area contributed by atoms with E-state index in [1.807, 2.05) is 25.1 Å². The van der Waals surface area contributed by atoms with Gasteiger partial charge in [-0.3, -0.25) is 14.5 Å². The summed E-state index contributed by atoms with van der Waals surface area (Å²) in [6, 6.07) is 7.34. The molecule has 0 radical (unpaired) electrons. The van der Waals surface area contributed by atoms with E-state index in [1.165, 1.54) is 25.7 Å². The van der Waals surface area contributed by atoms with E-state index in [9.17, 15) is 9.59 Å². The summed E-state index contributed by atoms with van der Waals surface area (Å²) in [6.07, 6.45) is 7.58. The molecule has 6 heteroatoms. The Labute approximate surface area is 180 Å². The van der Waals surface area contributed by atoms with Gasteiger partial charge in [-0.25, -0.2) is 0 Å². The topological polar surface area (TPSA) is 61.9 Å². The number of ether oxygens (including phenoxy) is 1. The first-order chi connectivity index (χ1) is 14.7. The third-order valence-corrected chi connectivity index (χ3v) is 6.29. The van der Waals surface area contributed by atoms with Gasteiger partial charge in [0.15, 0.2) is 0 Å². The molecule has 3 rings (SSSR count). The van der Waals surface area contributed by atoms with Gasteiger partial charge >= 0.3 is 0 Å². The number of hydrogen-bond acceptors (Lipinski definition) is 4. The minimum absolute atomic E-state index is 0.0178. The van der Waals surface area contributed by atoms with Crippen LogP contribution in [0, 0.1) is 0 Å². The molecule has 2 atom stereocenters. The number of para-hydroxylation sites is 1. The van der Waals surface area contributed by atoms with Crippen LogP contribution in [0.25, 0.3) is 0 Å². The van der Waals surface area contributed by atoms with Gasteiger partial charge in [0.05, 0.1) is 12.2 Å². The molecule has 166 valence electrons. The Balaban J connectivity index is 1.61. The summed E-state index contributed by atoms with van der Waals surface area (Å²) in [7, 11) is 0. The standard InChI is InChI=1S/C24H37N3O3/c1-3-5-15-26-16-9-8-11-19(26)18-25-23(28)21-13-10-17-27(21)24(29)20-12-6-7-14-22(20)30-4-2/h6-7,12,14,19,21H,3-5,8-11,13,15-18H2,1-2H3,(H,25,28). The summed E-state index contributed by atoms with van der Waals surface area (Å²) < 4.78 is 5.63. The first-order valence-electron chi connectivity index (χ1n) is 11.7. The van der Waals surface area contributed by atoms with Crippen LogP contribution in [0.2, 0.25) is 0 Å². The smallest absolute Gasteiger partial charge is 0.258 e. The van der Waals surface area contributed by atoms with Gasteiger partial charge in [-0.2, -0.15) is 0 Å². The maximum Gasteiger partial charge on any atom is 0.258 e. The second-order valence-corrected chi connectivity index (χ2v) is 8.37. The van der Waals surface area contributed by atoms with E-state index in [-0.39, 0.29) is 17.9 Å². The quantitative estimate of drug-likeness (QED) is 0.671. The Hall–Kier alpha value is -2.08. The Morgan fingerprint density at radius 3 is 2.73 bits per heavy atom. The summed E-state index contributed by atoms with van der Waals surface area (Å²) in [4.78, 5) is 30.5. The Morgan fingerprint density at radius 2 is 1.93 bits per heavy atom. The molecule has 0 aliphatic carbocycles. The number of unbranched alkanes of at least 4 members (excludes halogenated alkanes) is 1. The largest absolute Gasteiger partial charge is 0.493 e. The molecule has 0 saturated carbocycles. The van der Waals surface area contributed by atoms with Crippen molar-refractivity contribution in [3.05, 3.63) is 29.8 Å². The number of carbonyl (C=O) groups is 2. The molecule has 0 spiro atoms. The molecule has 2 amide bonds. The van der Waals surface area contributed by atoms with Gasteiger partial charge in [-0.05, 0) is 64.3 Å². The molecule has 2 fully saturated rings. The van der Waals surface area contributed by atoms with Crippen LogP contribution in [0.1, 0.15) is 69.2 Å². The number of likely N-dealkylation sites (tertiary alicyclic amines) is 2. The molecule has 1 N–H and O–H groups in total. The van der Waals surface area contributed by atoms with Gasteiger partial charge in [-0.1, -0.05) is 31.9 Å². The molecular weight excluding hydrogens is 378 g/mol. The highest BCUT2D eigenvalue weighted by atomic mass is 16.5. The first-order valence-corrected chi connectivity index (χ1v) is 11.7. The van der Waals surface area contributed by atoms with Crippen molar-refractivity contribution in [2.24, 2.45) is 0 Å². The lowest BCUT2D eigenvalue weighted by molar-refractivity contribution is -0.125. The first kappa shape index (κ1) is 22.6. The second-order valence-electron chi connectivity index (χ2n) is 8.37. The van der Waals surface area contributed by atoms with Crippen LogP contribution in [-0.2, 0) is 4.79 Å². The predicted molar refractivity (Wildman–Crippen MR) is 119 cm³/mol. The third kappa shape index (κ3) is 5.54. The number of nitrogens with zero attached hydrogens (tertiary/aromatic N) is 2. The lowest BCUT2D eigenvalue weighted by Crippen LogP contribution is -2.51. The maximum absolute atomic E-state index is 13.2. The molecule has 30 heavy (non-hydrogen) atoms. The van der Waals surface area contributed by atoms with E-state index in [0.717, 1.165) is 32.4 Å². The molecule has 0 aromatic heterocycles. The summed E-state index contributed by atoms with van der Waals surface area (Å²) in [5.74, 6) is 0.458. The summed E-state index contributed by atoms with van der Waals surface area (Å²) in [6.45, 7) is 8.16. The van der Waals surface area contributed by atoms with Crippen LogP contribution in [0.15, 0.2) is 24.3 Å². The SMILES string of the molecule is CCCCN1CCCCC1CNC(=O)C1CCCN1C(=O)c1ccccc1OCC. The number of nitrogens with one attached hydrogen (secondary N) is 1. The van der Waals surface area contributed by atoms with Crippen molar-refractivity contribution in [1.82, 2.24) is 15.1 Å². The molecular formula is C24H37N3O3. The molecule has 2 heterocycles. The molecule has 2 aliphatic heterocycles. The number of benzene rings is 1. The van der Waals surface area contributed by atoms with Crippen LogP contribution >= 0.6 is 0 Å². The van der Waals surface area contributed by atoms with E-state index in [4.69, 9.17) is 4.74 Å². The molecule has 2 unspecified atom stereocenters. The lowest BCUT2D eigenvalue weighted by atomic mass is 10.0. The molecule has 1 aromatic carbocycles. The Bertz CT molecular complexity index is 709. The van der Waals surface area contributed by atoms with Crippen LogP contribution < -0.4 is 10.1 Å². The number of piperidine rings is 1. The second kappa shape index (κ2) is 11.3. The highest BCUT2D eigenvalue weighted by molar-refractivity contribution is 6.00. The highest BCUT2D eigenvalue weighted by Crippen LogP contribution is 2.25. The fourth-order valence-electron chi connectivity index (χ4n) is 4.64. The van der Waals surface area contributed by atoms with E-state index < -0.39 is 0 Å². The van der Waals surface area contributed by atoms with E-state index in [2.05, 4.69) is 17.1 Å². The van der Waals surface area contributed by atoms with Crippen molar-refractivity contribution in [3.63, 3.8) is 0 Å². The van der Waals surface area contributed by atoms with Crippen LogP contribution in [-0.4, -0.2) is 66.5 Å². The maximum atomic E-state index is 13.2. The van der Waals surface area contributed by atoms with Crippen molar-refractivity contribution in [1.29, 1.82) is 0 Å². The summed E-state index contributed by atoms with van der Waals surface area (Å²) >= 11 is 0. The van der Waals surface area contributed by atoms with Crippen molar-refractivity contribution >= 4 is 11.8 Å². The van der Waals surface area contributed by atoms with Crippen LogP contribution in [0.4, 0.5) is 0 Å². The van der Waals surface area contributed by atoms with Crippen molar-refractivity contribution in [3.8, 4) is 5.75 Å². The van der Waals surface area contributed by atoms with Gasteiger partial charge in [0.25, 0.3) is 5.91 Å². The molecule has 2 aliphatic rings. The monoisotopic (exact) mass is 415 g/mol. The Morgan fingerprint density at radius 1 is 1.10 bits per heavy atom. The minimum Gasteiger partial charge on any atom is -0.493 e. The average molecular weight is 416 g/mol. The van der Waals surface area contributed by atoms with E-state index in [0.29, 0.717) is 37.1 Å². The highest BCUT2D eigenvalue weighted by Gasteiger charge is 2.36. The van der Waals surface area contributed by atoms with Crippen LogP contribution in [0.3, 0.4) is 0 Å². The van der Waals surface area contributed by atoms with Gasteiger partial charge in [0, 0.05) is 19.1 Å². The molecule has 1 aromatic rings. The zero-order chi connectivity index (χ0) is 21.3. The van der Waals surface area contributed by atoms with Crippen molar-refractivity contribution in [2.45, 2.75) is 70.9 Å².